The van der Waals surface area contributed by atoms with Crippen LogP contribution in [0.5, 0.6) is 5.75 Å². The molecule has 1 amide bonds. The quantitative estimate of drug-likeness (QED) is 0.182. The number of oxazole rings is 1. The summed E-state index contributed by atoms with van der Waals surface area (Å²) in [5.74, 6) is -1.20. The molecule has 16 heteroatoms. The fourth-order valence-corrected chi connectivity index (χ4v) is 5.14. The van der Waals surface area contributed by atoms with Crippen molar-refractivity contribution >= 4 is 15.7 Å². The molecule has 3 aromatic carbocycles. The lowest BCUT2D eigenvalue weighted by atomic mass is 9.98. The van der Waals surface area contributed by atoms with Gasteiger partial charge in [-0.1, -0.05) is 18.2 Å². The van der Waals surface area contributed by atoms with Gasteiger partial charge in [-0.3, -0.25) is 4.79 Å². The van der Waals surface area contributed by atoms with Gasteiger partial charge in [0.25, 0.3) is 5.91 Å². The van der Waals surface area contributed by atoms with Gasteiger partial charge in [0, 0.05) is 30.5 Å². The van der Waals surface area contributed by atoms with E-state index >= 15 is 0 Å². The van der Waals surface area contributed by atoms with Gasteiger partial charge in [0.15, 0.2) is 27.2 Å². The molecule has 0 spiro atoms. The number of nitrogens with one attached hydrogen (secondary N) is 1. The minimum atomic E-state index is -4.90. The highest BCUT2D eigenvalue weighted by Crippen LogP contribution is 2.39. The van der Waals surface area contributed by atoms with E-state index in [2.05, 4.69) is 14.8 Å². The molecule has 0 fully saturated rings. The molecule has 0 saturated heterocycles. The van der Waals surface area contributed by atoms with Gasteiger partial charge in [0.05, 0.1) is 10.6 Å². The van der Waals surface area contributed by atoms with Crippen molar-refractivity contribution in [1.29, 1.82) is 0 Å². The van der Waals surface area contributed by atoms with E-state index < -0.39 is 40.6 Å². The molecule has 1 N–H and O–H groups in total. The van der Waals surface area contributed by atoms with Crippen LogP contribution in [0.25, 0.3) is 39.4 Å². The van der Waals surface area contributed by atoms with Crippen LogP contribution in [0.2, 0.25) is 0 Å². The lowest BCUT2D eigenvalue weighted by Crippen LogP contribution is -2.34. The number of carbonyl (C=O) groups is 1. The van der Waals surface area contributed by atoms with E-state index in [-0.39, 0.29) is 33.6 Å². The van der Waals surface area contributed by atoms with Crippen LogP contribution in [0.4, 0.5) is 26.3 Å². The number of halogens is 6. The summed E-state index contributed by atoms with van der Waals surface area (Å²) in [7, 11) is -3.55. The number of aromatic nitrogens is 3. The molecule has 0 aliphatic carbocycles. The third-order valence-electron chi connectivity index (χ3n) is 6.45. The molecule has 0 unspecified atom stereocenters. The van der Waals surface area contributed by atoms with E-state index in [1.54, 1.807) is 42.6 Å². The SMILES string of the molecule is Cc1nc(-c2ccc(OC(F)(F)F)cc2)c(-c2cc(-c3cccc(S(C)(=O)=O)c3)ccc2-n2ccc(C(=O)NCC(F)(F)F)n2)o1. The van der Waals surface area contributed by atoms with Crippen molar-refractivity contribution < 1.29 is 48.7 Å². The fourth-order valence-electron chi connectivity index (χ4n) is 4.47. The van der Waals surface area contributed by atoms with Crippen LogP contribution in [0.15, 0.2) is 88.3 Å². The average molecular weight is 665 g/mol. The van der Waals surface area contributed by atoms with Gasteiger partial charge in [0.2, 0.25) is 0 Å². The van der Waals surface area contributed by atoms with E-state index in [1.165, 1.54) is 41.2 Å². The summed E-state index contributed by atoms with van der Waals surface area (Å²) in [5.41, 5.74) is 1.88. The lowest BCUT2D eigenvalue weighted by molar-refractivity contribution is -0.274. The number of hydrogen-bond acceptors (Lipinski definition) is 7. The maximum atomic E-state index is 12.7. The molecule has 0 saturated carbocycles. The maximum Gasteiger partial charge on any atom is 0.573 e. The molecule has 2 heterocycles. The van der Waals surface area contributed by atoms with Gasteiger partial charge in [-0.2, -0.15) is 18.3 Å². The van der Waals surface area contributed by atoms with Crippen molar-refractivity contribution in [3.05, 3.63) is 90.6 Å². The number of rotatable bonds is 8. The van der Waals surface area contributed by atoms with E-state index in [9.17, 15) is 39.6 Å². The van der Waals surface area contributed by atoms with Crippen LogP contribution in [0, 0.1) is 6.92 Å². The standard InChI is InChI=1S/C30H22F6N4O5S/c1-17-38-26(18-6-9-21(10-7-18)45-30(34,35)36)27(44-17)23-15-20(19-4-3-5-22(14-19)46(2,42)43)8-11-25(23)40-13-12-24(39-40)28(41)37-16-29(31,32)33/h3-15H,16H2,1-2H3,(H,37,41). The Morgan fingerprint density at radius 2 is 1.61 bits per heavy atom. The molecule has 0 aliphatic rings. The Balaban J connectivity index is 1.63. The smallest absolute Gasteiger partial charge is 0.440 e. The zero-order valence-corrected chi connectivity index (χ0v) is 24.6. The van der Waals surface area contributed by atoms with E-state index in [1.807, 2.05) is 0 Å². The summed E-state index contributed by atoms with van der Waals surface area (Å²) in [6, 6.07) is 17.1. The van der Waals surface area contributed by atoms with Gasteiger partial charge in [-0.15, -0.1) is 13.2 Å². The Morgan fingerprint density at radius 3 is 2.26 bits per heavy atom. The Bertz CT molecular complexity index is 2020. The number of aryl methyl sites for hydroxylation is 1. The molecule has 9 nitrogen and oxygen atoms in total. The van der Waals surface area contributed by atoms with Crippen LogP contribution in [-0.4, -0.2) is 54.4 Å². The zero-order valence-electron chi connectivity index (χ0n) is 23.8. The summed E-state index contributed by atoms with van der Waals surface area (Å²) in [6.45, 7) is -0.0110. The largest absolute Gasteiger partial charge is 0.573 e. The first-order valence-corrected chi connectivity index (χ1v) is 15.1. The van der Waals surface area contributed by atoms with Crippen molar-refractivity contribution in [3.63, 3.8) is 0 Å². The molecule has 0 bridgehead atoms. The van der Waals surface area contributed by atoms with Crippen LogP contribution in [0.1, 0.15) is 16.4 Å². The molecular weight excluding hydrogens is 642 g/mol. The molecule has 2 aromatic heterocycles. The number of amides is 1. The summed E-state index contributed by atoms with van der Waals surface area (Å²) < 4.78 is 112. The number of carbonyl (C=O) groups excluding carboxylic acids is 1. The van der Waals surface area contributed by atoms with Crippen molar-refractivity contribution in [1.82, 2.24) is 20.1 Å². The minimum Gasteiger partial charge on any atom is -0.440 e. The molecule has 46 heavy (non-hydrogen) atoms. The number of alkyl halides is 6. The Morgan fingerprint density at radius 1 is 0.935 bits per heavy atom. The predicted molar refractivity (Wildman–Crippen MR) is 153 cm³/mol. The monoisotopic (exact) mass is 664 g/mol. The topological polar surface area (TPSA) is 116 Å². The van der Waals surface area contributed by atoms with Crippen molar-refractivity contribution in [2.45, 2.75) is 24.4 Å². The minimum absolute atomic E-state index is 0.0644. The highest BCUT2D eigenvalue weighted by molar-refractivity contribution is 7.90. The highest BCUT2D eigenvalue weighted by Gasteiger charge is 2.31. The number of sulfone groups is 1. The molecule has 0 aliphatic heterocycles. The van der Waals surface area contributed by atoms with Crippen molar-refractivity contribution in [2.75, 3.05) is 12.8 Å². The van der Waals surface area contributed by atoms with Gasteiger partial charge in [-0.25, -0.2) is 18.1 Å². The van der Waals surface area contributed by atoms with Gasteiger partial charge >= 0.3 is 12.5 Å². The third-order valence-corrected chi connectivity index (χ3v) is 7.56. The molecule has 5 rings (SSSR count). The van der Waals surface area contributed by atoms with Gasteiger partial charge in [0.1, 0.15) is 18.0 Å². The highest BCUT2D eigenvalue weighted by atomic mass is 32.2. The second-order valence-corrected chi connectivity index (χ2v) is 12.0. The zero-order chi connectivity index (χ0) is 33.4. The molecule has 240 valence electrons. The van der Waals surface area contributed by atoms with E-state index in [4.69, 9.17) is 4.42 Å². The summed E-state index contributed by atoms with van der Waals surface area (Å²) in [5, 5.41) is 5.90. The normalized spacial score (nSPS) is 12.3. The van der Waals surface area contributed by atoms with Crippen molar-refractivity contribution in [3.8, 4) is 45.1 Å². The fraction of sp³-hybridized carbons (Fsp3) is 0.167. The first-order valence-electron chi connectivity index (χ1n) is 13.2. The Kier molecular flexibility index (Phi) is 8.42. The number of hydrogen-bond donors (Lipinski definition) is 1. The van der Waals surface area contributed by atoms with Crippen LogP contribution in [-0.2, 0) is 9.84 Å². The number of ether oxygens (including phenoxy) is 1. The van der Waals surface area contributed by atoms with Crippen LogP contribution < -0.4 is 10.1 Å². The summed E-state index contributed by atoms with van der Waals surface area (Å²) >= 11 is 0. The second-order valence-electron chi connectivity index (χ2n) is 9.96. The maximum absolute atomic E-state index is 12.7. The first kappa shape index (κ1) is 32.3. The Labute approximate surface area is 257 Å². The van der Waals surface area contributed by atoms with E-state index in [0.717, 1.165) is 18.4 Å². The summed E-state index contributed by atoms with van der Waals surface area (Å²) in [4.78, 5) is 16.8. The van der Waals surface area contributed by atoms with Gasteiger partial charge in [-0.05, 0) is 65.7 Å². The first-order chi connectivity index (χ1) is 21.5. The van der Waals surface area contributed by atoms with Crippen LogP contribution in [0.3, 0.4) is 0 Å². The number of nitrogens with zero attached hydrogens (tertiary/aromatic N) is 3. The second kappa shape index (κ2) is 12.0. The predicted octanol–water partition coefficient (Wildman–Crippen LogP) is 6.76. The van der Waals surface area contributed by atoms with Crippen molar-refractivity contribution in [2.24, 2.45) is 0 Å². The lowest BCUT2D eigenvalue weighted by Gasteiger charge is -2.13. The molecule has 0 radical (unpaired) electrons. The summed E-state index contributed by atoms with van der Waals surface area (Å²) in [6.07, 6.45) is -7.12. The molecule has 5 aromatic rings. The molecular formula is C30H22F6N4O5S. The van der Waals surface area contributed by atoms with E-state index in [0.29, 0.717) is 22.3 Å². The third kappa shape index (κ3) is 7.56. The van der Waals surface area contributed by atoms with Crippen LogP contribution >= 0.6 is 0 Å². The average Bonchev–Trinajstić information content (AvgIpc) is 3.62. The Hall–Kier alpha value is -5.12. The molecule has 0 atom stereocenters. The van der Waals surface area contributed by atoms with Gasteiger partial charge < -0.3 is 14.5 Å². The number of benzene rings is 3.